The minimum absolute atomic E-state index is 0.319. The Balaban J connectivity index is 2.08. The third kappa shape index (κ3) is 9.33. The van der Waals surface area contributed by atoms with Gasteiger partial charge in [-0.1, -0.05) is 39.0 Å². The van der Waals surface area contributed by atoms with Gasteiger partial charge in [-0.2, -0.15) is 0 Å². The van der Waals surface area contributed by atoms with Crippen molar-refractivity contribution in [2.45, 2.75) is 114 Å². The number of aliphatic hydroxyl groups excluding tert-OH is 5. The molecule has 2 heterocycles. The average molecular weight is 552 g/mol. The SMILES string of the molecule is CCCCCCCCO[C@@H]1O[C@H](CO)[C@@H](O[C@@H]2O[C@H](CO)[C@H](OCC(=N)N)[C@H](O)[C@H]2O)[C@H](O)[C@H]1NC(C)=O. The largest absolute Gasteiger partial charge is 0.394 e. The van der Waals surface area contributed by atoms with Crippen LogP contribution in [0.1, 0.15) is 52.4 Å². The highest BCUT2D eigenvalue weighted by atomic mass is 16.7. The fraction of sp³-hybridized carbons (Fsp3) is 0.917. The molecule has 14 nitrogen and oxygen atoms in total. The summed E-state index contributed by atoms with van der Waals surface area (Å²) in [6.07, 6.45) is -5.96. The molecular formula is C24H45N3O11. The average Bonchev–Trinajstić information content (AvgIpc) is 2.88. The van der Waals surface area contributed by atoms with Gasteiger partial charge in [0.25, 0.3) is 0 Å². The summed E-state index contributed by atoms with van der Waals surface area (Å²) >= 11 is 0. The number of amidine groups is 1. The minimum atomic E-state index is -1.69. The van der Waals surface area contributed by atoms with E-state index in [-0.39, 0.29) is 12.4 Å². The number of amides is 1. The second kappa shape index (κ2) is 16.6. The van der Waals surface area contributed by atoms with Crippen LogP contribution in [0.2, 0.25) is 0 Å². The lowest BCUT2D eigenvalue weighted by Crippen LogP contribution is -2.67. The van der Waals surface area contributed by atoms with E-state index < -0.39 is 80.5 Å². The summed E-state index contributed by atoms with van der Waals surface area (Å²) < 4.78 is 28.3. The van der Waals surface area contributed by atoms with Gasteiger partial charge in [0.2, 0.25) is 5.91 Å². The lowest BCUT2D eigenvalue weighted by atomic mass is 9.95. The first-order chi connectivity index (χ1) is 18.1. The van der Waals surface area contributed by atoms with Gasteiger partial charge in [-0.25, -0.2) is 0 Å². The van der Waals surface area contributed by atoms with Crippen LogP contribution in [0.5, 0.6) is 0 Å². The number of aliphatic hydroxyl groups is 5. The van der Waals surface area contributed by atoms with Gasteiger partial charge in [0.1, 0.15) is 61.2 Å². The number of unbranched alkanes of at least 4 members (excludes halogenated alkanes) is 5. The summed E-state index contributed by atoms with van der Waals surface area (Å²) in [5.41, 5.74) is 5.28. The van der Waals surface area contributed by atoms with Crippen molar-refractivity contribution in [2.24, 2.45) is 5.73 Å². The second-order valence-corrected chi connectivity index (χ2v) is 9.69. The van der Waals surface area contributed by atoms with Crippen molar-refractivity contribution in [1.29, 1.82) is 5.41 Å². The fourth-order valence-electron chi connectivity index (χ4n) is 4.56. The van der Waals surface area contributed by atoms with Gasteiger partial charge < -0.3 is 60.3 Å². The van der Waals surface area contributed by atoms with Gasteiger partial charge in [-0.3, -0.25) is 10.2 Å². The molecule has 0 aliphatic carbocycles. The standard InChI is InChI=1S/C24H45N3O11/c1-3-4-5-6-7-8-9-34-23-17(27-13(2)30)18(31)22(15(11-29)36-23)38-24-20(33)19(32)21(14(10-28)37-24)35-12-16(25)26/h14-15,17-24,28-29,31-33H,3-12H2,1-2H3,(H3,25,26)(H,27,30)/t14-,15-,17-,18-,19-,20-,21+,22-,23-,24+/m1/s1. The monoisotopic (exact) mass is 551 g/mol. The molecule has 0 spiro atoms. The van der Waals surface area contributed by atoms with E-state index in [1.807, 2.05) is 0 Å². The molecule has 38 heavy (non-hydrogen) atoms. The van der Waals surface area contributed by atoms with Crippen molar-refractivity contribution in [3.63, 3.8) is 0 Å². The summed E-state index contributed by atoms with van der Waals surface area (Å²) in [6.45, 7) is 2.15. The maximum Gasteiger partial charge on any atom is 0.217 e. The summed E-state index contributed by atoms with van der Waals surface area (Å²) in [6, 6.07) is -1.06. The third-order valence-electron chi connectivity index (χ3n) is 6.55. The van der Waals surface area contributed by atoms with Crippen LogP contribution in [-0.2, 0) is 28.5 Å². The van der Waals surface area contributed by atoms with E-state index in [1.165, 1.54) is 13.3 Å². The van der Waals surface area contributed by atoms with E-state index in [1.54, 1.807) is 0 Å². The Morgan fingerprint density at radius 1 is 0.895 bits per heavy atom. The summed E-state index contributed by atoms with van der Waals surface area (Å²) in [4.78, 5) is 11.9. The van der Waals surface area contributed by atoms with Crippen LogP contribution in [0.3, 0.4) is 0 Å². The first-order valence-electron chi connectivity index (χ1n) is 13.2. The van der Waals surface area contributed by atoms with Crippen LogP contribution in [0.25, 0.3) is 0 Å². The number of carbonyl (C=O) groups excluding carboxylic acids is 1. The van der Waals surface area contributed by atoms with Gasteiger partial charge in [-0.15, -0.1) is 0 Å². The van der Waals surface area contributed by atoms with Gasteiger partial charge in [-0.05, 0) is 6.42 Å². The fourth-order valence-corrected chi connectivity index (χ4v) is 4.56. The number of hydrogen-bond donors (Lipinski definition) is 8. The molecule has 0 aromatic rings. The predicted molar refractivity (Wildman–Crippen MR) is 133 cm³/mol. The molecule has 0 aromatic heterocycles. The van der Waals surface area contributed by atoms with E-state index in [9.17, 15) is 30.3 Å². The lowest BCUT2D eigenvalue weighted by molar-refractivity contribution is -0.350. The Bertz CT molecular complexity index is 716. The van der Waals surface area contributed by atoms with E-state index in [0.717, 1.165) is 32.1 Å². The molecular weight excluding hydrogens is 506 g/mol. The Morgan fingerprint density at radius 2 is 1.50 bits per heavy atom. The van der Waals surface area contributed by atoms with Crippen molar-refractivity contribution in [3.8, 4) is 0 Å². The molecule has 0 unspecified atom stereocenters. The highest BCUT2D eigenvalue weighted by molar-refractivity contribution is 5.78. The highest BCUT2D eigenvalue weighted by Crippen LogP contribution is 2.30. The number of carbonyl (C=O) groups is 1. The van der Waals surface area contributed by atoms with Crippen LogP contribution in [0, 0.1) is 5.41 Å². The highest BCUT2D eigenvalue weighted by Gasteiger charge is 2.51. The van der Waals surface area contributed by atoms with Gasteiger partial charge >= 0.3 is 0 Å². The zero-order valence-electron chi connectivity index (χ0n) is 22.1. The molecule has 2 saturated heterocycles. The smallest absolute Gasteiger partial charge is 0.217 e. The van der Waals surface area contributed by atoms with Crippen molar-refractivity contribution in [3.05, 3.63) is 0 Å². The molecule has 2 fully saturated rings. The van der Waals surface area contributed by atoms with Crippen LogP contribution < -0.4 is 11.1 Å². The van der Waals surface area contributed by atoms with Crippen molar-refractivity contribution in [1.82, 2.24) is 5.32 Å². The van der Waals surface area contributed by atoms with Crippen LogP contribution in [0.4, 0.5) is 0 Å². The van der Waals surface area contributed by atoms with Crippen LogP contribution in [-0.4, -0.2) is 125 Å². The molecule has 0 bridgehead atoms. The predicted octanol–water partition coefficient (Wildman–Crippen LogP) is -1.91. The summed E-state index contributed by atoms with van der Waals surface area (Å²) in [5.74, 6) is -0.783. The maximum atomic E-state index is 11.9. The zero-order valence-corrected chi connectivity index (χ0v) is 22.1. The Labute approximate surface area is 222 Å². The molecule has 2 aliphatic heterocycles. The van der Waals surface area contributed by atoms with E-state index >= 15 is 0 Å². The van der Waals surface area contributed by atoms with Gasteiger partial charge in [0.05, 0.1) is 13.2 Å². The molecule has 0 aromatic carbocycles. The second-order valence-electron chi connectivity index (χ2n) is 9.69. The number of rotatable bonds is 16. The zero-order chi connectivity index (χ0) is 28.2. The lowest BCUT2D eigenvalue weighted by Gasteiger charge is -2.47. The summed E-state index contributed by atoms with van der Waals surface area (Å²) in [5, 5.41) is 61.9. The Morgan fingerprint density at radius 3 is 2.11 bits per heavy atom. The molecule has 0 saturated carbocycles. The maximum absolute atomic E-state index is 11.9. The number of nitrogens with two attached hydrogens (primary N) is 1. The van der Waals surface area contributed by atoms with Crippen LogP contribution >= 0.6 is 0 Å². The Hall–Kier alpha value is -1.46. The molecule has 1 amide bonds. The molecule has 14 heteroatoms. The topological polar surface area (TPSA) is 226 Å². The van der Waals surface area contributed by atoms with Crippen molar-refractivity contribution >= 4 is 11.7 Å². The van der Waals surface area contributed by atoms with Gasteiger partial charge in [0.15, 0.2) is 12.6 Å². The van der Waals surface area contributed by atoms with E-state index in [0.29, 0.717) is 6.61 Å². The molecule has 222 valence electrons. The third-order valence-corrected chi connectivity index (χ3v) is 6.55. The number of nitrogens with one attached hydrogen (secondary N) is 2. The first kappa shape index (κ1) is 32.8. The first-order valence-corrected chi connectivity index (χ1v) is 13.2. The minimum Gasteiger partial charge on any atom is -0.394 e. The quantitative estimate of drug-likeness (QED) is 0.0597. The molecule has 2 aliphatic rings. The van der Waals surface area contributed by atoms with Crippen molar-refractivity contribution in [2.75, 3.05) is 26.4 Å². The normalized spacial score (nSPS) is 35.7. The molecule has 9 N–H and O–H groups in total. The molecule has 0 radical (unpaired) electrons. The van der Waals surface area contributed by atoms with E-state index in [2.05, 4.69) is 12.2 Å². The van der Waals surface area contributed by atoms with Crippen molar-refractivity contribution < 1.29 is 54.0 Å². The Kier molecular flexibility index (Phi) is 14.3. The number of hydrogen-bond acceptors (Lipinski definition) is 12. The number of ether oxygens (including phenoxy) is 5. The van der Waals surface area contributed by atoms with E-state index in [4.69, 9.17) is 34.8 Å². The summed E-state index contributed by atoms with van der Waals surface area (Å²) in [7, 11) is 0. The molecule has 10 atom stereocenters. The van der Waals surface area contributed by atoms with Crippen LogP contribution in [0.15, 0.2) is 0 Å². The van der Waals surface area contributed by atoms with Gasteiger partial charge in [0, 0.05) is 13.5 Å². The molecule has 2 rings (SSSR count).